The second kappa shape index (κ2) is 9.20. The quantitative estimate of drug-likeness (QED) is 0.608. The van der Waals surface area contributed by atoms with Crippen LogP contribution < -0.4 is 4.72 Å². The topological polar surface area (TPSA) is 79.4 Å². The lowest BCUT2D eigenvalue weighted by molar-refractivity contribution is -0.130. The number of anilines is 1. The molecule has 3 aromatic rings. The highest BCUT2D eigenvalue weighted by molar-refractivity contribution is 7.99. The van der Waals surface area contributed by atoms with Crippen molar-refractivity contribution in [3.8, 4) is 11.1 Å². The van der Waals surface area contributed by atoms with Crippen LogP contribution in [0.15, 0.2) is 65.7 Å². The van der Waals surface area contributed by atoms with E-state index >= 15 is 0 Å². The van der Waals surface area contributed by atoms with Gasteiger partial charge in [0.25, 0.3) is 10.0 Å². The molecule has 156 valence electrons. The predicted molar refractivity (Wildman–Crippen MR) is 122 cm³/mol. The Kier molecular flexibility index (Phi) is 6.40. The largest absolute Gasteiger partial charge is 0.341 e. The molecule has 1 aromatic heterocycles. The van der Waals surface area contributed by atoms with E-state index in [1.165, 1.54) is 11.3 Å². The average Bonchev–Trinajstić information content (AvgIpc) is 3.21. The molecule has 1 aliphatic heterocycles. The van der Waals surface area contributed by atoms with E-state index < -0.39 is 10.0 Å². The maximum atomic E-state index is 12.7. The summed E-state index contributed by atoms with van der Waals surface area (Å²) in [6.45, 7) is 1.53. The maximum absolute atomic E-state index is 12.7. The summed E-state index contributed by atoms with van der Waals surface area (Å²) in [6.07, 6.45) is 1.81. The highest BCUT2D eigenvalue weighted by Crippen LogP contribution is 2.25. The molecule has 1 N–H and O–H groups in total. The molecule has 0 radical (unpaired) electrons. The fourth-order valence-corrected chi connectivity index (χ4v) is 6.09. The highest BCUT2D eigenvalue weighted by atomic mass is 32.2. The molecule has 0 spiro atoms. The zero-order chi connectivity index (χ0) is 21.0. The molecule has 1 fully saturated rings. The number of carbonyl (C=O) groups excluding carboxylic acids is 1. The van der Waals surface area contributed by atoms with Crippen LogP contribution in [0.4, 0.5) is 5.13 Å². The van der Waals surface area contributed by atoms with Crippen LogP contribution in [0, 0.1) is 0 Å². The number of carbonyl (C=O) groups is 1. The number of thiazole rings is 1. The Morgan fingerprint density at radius 2 is 1.67 bits per heavy atom. The van der Waals surface area contributed by atoms with Crippen molar-refractivity contribution >= 4 is 44.2 Å². The molecule has 2 aromatic carbocycles. The molecule has 0 aliphatic carbocycles. The maximum Gasteiger partial charge on any atom is 0.263 e. The van der Waals surface area contributed by atoms with E-state index in [4.69, 9.17) is 0 Å². The Morgan fingerprint density at radius 3 is 2.37 bits per heavy atom. The molecular formula is C21H21N3O3S3. The summed E-state index contributed by atoms with van der Waals surface area (Å²) in [4.78, 5) is 19.3. The lowest BCUT2D eigenvalue weighted by Crippen LogP contribution is -2.38. The molecule has 0 atom stereocenters. The molecule has 30 heavy (non-hydrogen) atoms. The Labute approximate surface area is 184 Å². The van der Waals surface area contributed by atoms with Crippen molar-refractivity contribution in [2.45, 2.75) is 11.3 Å². The lowest BCUT2D eigenvalue weighted by atomic mass is 10.1. The Balaban J connectivity index is 1.41. The van der Waals surface area contributed by atoms with E-state index in [0.717, 1.165) is 40.6 Å². The van der Waals surface area contributed by atoms with Gasteiger partial charge in [-0.3, -0.25) is 9.52 Å². The van der Waals surface area contributed by atoms with Gasteiger partial charge in [0, 0.05) is 35.7 Å². The van der Waals surface area contributed by atoms with Crippen LogP contribution in [-0.4, -0.2) is 48.8 Å². The van der Waals surface area contributed by atoms with E-state index in [0.29, 0.717) is 0 Å². The number of amides is 1. The third-order valence-electron chi connectivity index (χ3n) is 4.74. The van der Waals surface area contributed by atoms with Gasteiger partial charge in [-0.25, -0.2) is 13.4 Å². The summed E-state index contributed by atoms with van der Waals surface area (Å²) in [6, 6.07) is 16.5. The van der Waals surface area contributed by atoms with Gasteiger partial charge in [0.05, 0.1) is 11.3 Å². The Morgan fingerprint density at radius 1 is 1.00 bits per heavy atom. The molecule has 1 amide bonds. The SMILES string of the molecule is O=C(Cc1cnc(NS(=O)(=O)c2ccc(-c3ccccc3)cc2)s1)N1CCSCC1. The molecule has 1 saturated heterocycles. The van der Waals surface area contributed by atoms with Gasteiger partial charge in [-0.05, 0) is 23.3 Å². The number of nitrogens with zero attached hydrogens (tertiary/aromatic N) is 2. The van der Waals surface area contributed by atoms with Crippen molar-refractivity contribution in [3.63, 3.8) is 0 Å². The lowest BCUT2D eigenvalue weighted by Gasteiger charge is -2.26. The van der Waals surface area contributed by atoms with Gasteiger partial charge in [0.1, 0.15) is 0 Å². The van der Waals surface area contributed by atoms with Crippen molar-refractivity contribution in [2.24, 2.45) is 0 Å². The first kappa shape index (κ1) is 20.9. The number of thioether (sulfide) groups is 1. The van der Waals surface area contributed by atoms with Crippen molar-refractivity contribution < 1.29 is 13.2 Å². The summed E-state index contributed by atoms with van der Waals surface area (Å²) in [5, 5.41) is 0.263. The van der Waals surface area contributed by atoms with Crippen LogP contribution in [-0.2, 0) is 21.2 Å². The number of hydrogen-bond donors (Lipinski definition) is 1. The van der Waals surface area contributed by atoms with Gasteiger partial charge < -0.3 is 4.90 Å². The summed E-state index contributed by atoms with van der Waals surface area (Å²) >= 11 is 3.04. The van der Waals surface area contributed by atoms with Crippen LogP contribution in [0.2, 0.25) is 0 Å². The van der Waals surface area contributed by atoms with E-state index in [1.807, 2.05) is 47.0 Å². The van der Waals surface area contributed by atoms with Gasteiger partial charge in [-0.1, -0.05) is 42.5 Å². The predicted octanol–water partition coefficient (Wildman–Crippen LogP) is 3.73. The van der Waals surface area contributed by atoms with Crippen LogP contribution >= 0.6 is 23.1 Å². The van der Waals surface area contributed by atoms with Gasteiger partial charge in [0.2, 0.25) is 5.91 Å². The molecule has 4 rings (SSSR count). The molecule has 6 nitrogen and oxygen atoms in total. The number of hydrogen-bond acceptors (Lipinski definition) is 6. The van der Waals surface area contributed by atoms with Crippen LogP contribution in [0.5, 0.6) is 0 Å². The molecule has 0 unspecified atom stereocenters. The van der Waals surface area contributed by atoms with Gasteiger partial charge in [-0.15, -0.1) is 11.3 Å². The molecule has 9 heteroatoms. The first-order valence-electron chi connectivity index (χ1n) is 9.50. The number of sulfonamides is 1. The minimum Gasteiger partial charge on any atom is -0.341 e. The van der Waals surface area contributed by atoms with E-state index in [-0.39, 0.29) is 22.4 Å². The molecule has 0 saturated carbocycles. The fourth-order valence-electron chi connectivity index (χ4n) is 3.14. The van der Waals surface area contributed by atoms with Crippen molar-refractivity contribution in [3.05, 3.63) is 65.7 Å². The number of benzene rings is 2. The van der Waals surface area contributed by atoms with Crippen LogP contribution in [0.3, 0.4) is 0 Å². The van der Waals surface area contributed by atoms with Crippen LogP contribution in [0.1, 0.15) is 4.88 Å². The van der Waals surface area contributed by atoms with Gasteiger partial charge in [-0.2, -0.15) is 11.8 Å². The summed E-state index contributed by atoms with van der Waals surface area (Å²) < 4.78 is 27.9. The highest BCUT2D eigenvalue weighted by Gasteiger charge is 2.20. The van der Waals surface area contributed by atoms with Gasteiger partial charge >= 0.3 is 0 Å². The molecule has 1 aliphatic rings. The van der Waals surface area contributed by atoms with Crippen molar-refractivity contribution in [2.75, 3.05) is 29.3 Å². The first-order valence-corrected chi connectivity index (χ1v) is 13.0. The molecular weight excluding hydrogens is 438 g/mol. The minimum atomic E-state index is -3.75. The fraction of sp³-hybridized carbons (Fsp3) is 0.238. The second-order valence-corrected chi connectivity index (χ2v) is 10.8. The molecule has 2 heterocycles. The number of aromatic nitrogens is 1. The third-order valence-corrected chi connectivity index (χ3v) is 8.08. The monoisotopic (exact) mass is 459 g/mol. The van der Waals surface area contributed by atoms with Gasteiger partial charge in [0.15, 0.2) is 5.13 Å². The first-order chi connectivity index (χ1) is 14.5. The third kappa shape index (κ3) is 5.03. The molecule has 0 bridgehead atoms. The van der Waals surface area contributed by atoms with Crippen molar-refractivity contribution in [1.82, 2.24) is 9.88 Å². The van der Waals surface area contributed by atoms with Crippen LogP contribution in [0.25, 0.3) is 11.1 Å². The second-order valence-electron chi connectivity index (χ2n) is 6.80. The standard InChI is InChI=1S/C21H21N3O3S3/c25-20(24-10-12-28-13-11-24)14-18-15-22-21(29-18)23-30(26,27)19-8-6-17(7-9-19)16-4-2-1-3-5-16/h1-9,15H,10-14H2,(H,22,23). The van der Waals surface area contributed by atoms with E-state index in [9.17, 15) is 13.2 Å². The average molecular weight is 460 g/mol. The number of rotatable bonds is 6. The zero-order valence-electron chi connectivity index (χ0n) is 16.2. The van der Waals surface area contributed by atoms with E-state index in [1.54, 1.807) is 30.5 Å². The normalized spacial score (nSPS) is 14.5. The smallest absolute Gasteiger partial charge is 0.263 e. The summed E-state index contributed by atoms with van der Waals surface area (Å²) in [7, 11) is -3.75. The van der Waals surface area contributed by atoms with Crippen molar-refractivity contribution in [1.29, 1.82) is 0 Å². The summed E-state index contributed by atoms with van der Waals surface area (Å²) in [5.41, 5.74) is 1.97. The minimum absolute atomic E-state index is 0.0601. The van der Waals surface area contributed by atoms with E-state index in [2.05, 4.69) is 9.71 Å². The Hall–Kier alpha value is -2.36. The zero-order valence-corrected chi connectivity index (χ0v) is 18.6. The number of nitrogens with one attached hydrogen (secondary N) is 1. The Bertz CT molecular complexity index is 1110. The summed E-state index contributed by atoms with van der Waals surface area (Å²) in [5.74, 6) is 1.98.